The van der Waals surface area contributed by atoms with Crippen LogP contribution < -0.4 is 0 Å². The third kappa shape index (κ3) is 3.54. The van der Waals surface area contributed by atoms with Crippen LogP contribution in [-0.2, 0) is 6.42 Å². The predicted molar refractivity (Wildman–Crippen MR) is 83.0 cm³/mol. The van der Waals surface area contributed by atoms with Gasteiger partial charge in [0.2, 0.25) is 0 Å². The summed E-state index contributed by atoms with van der Waals surface area (Å²) in [7, 11) is 0. The molecule has 1 aromatic carbocycles. The van der Waals surface area contributed by atoms with Gasteiger partial charge in [-0.15, -0.1) is 11.3 Å². The number of hydrogen-bond acceptors (Lipinski definition) is 2. The van der Waals surface area contributed by atoms with Crippen LogP contribution in [0.2, 0.25) is 0 Å². The number of aryl methyl sites for hydroxylation is 1. The number of benzene rings is 1. The van der Waals surface area contributed by atoms with E-state index in [9.17, 15) is 4.79 Å². The van der Waals surface area contributed by atoms with Crippen LogP contribution in [0.25, 0.3) is 10.4 Å². The molecule has 2 heteroatoms. The molecule has 0 spiro atoms. The minimum absolute atomic E-state index is 0.815. The molecule has 0 amide bonds. The van der Waals surface area contributed by atoms with E-state index in [1.54, 1.807) is 11.3 Å². The van der Waals surface area contributed by atoms with Crippen LogP contribution in [-0.4, -0.2) is 6.29 Å². The van der Waals surface area contributed by atoms with Crippen molar-refractivity contribution in [3.05, 3.63) is 46.8 Å². The van der Waals surface area contributed by atoms with Crippen molar-refractivity contribution in [2.45, 2.75) is 39.0 Å². The number of carbonyl (C=O) groups is 1. The van der Waals surface area contributed by atoms with Crippen molar-refractivity contribution in [1.82, 2.24) is 0 Å². The van der Waals surface area contributed by atoms with Gasteiger partial charge in [-0.25, -0.2) is 0 Å². The van der Waals surface area contributed by atoms with E-state index in [1.807, 2.05) is 18.2 Å². The molecule has 0 saturated heterocycles. The summed E-state index contributed by atoms with van der Waals surface area (Å²) in [5, 5.41) is 2.07. The Labute approximate surface area is 119 Å². The van der Waals surface area contributed by atoms with E-state index in [4.69, 9.17) is 0 Å². The Morgan fingerprint density at radius 2 is 2.00 bits per heavy atom. The molecule has 19 heavy (non-hydrogen) atoms. The maximum atomic E-state index is 11.3. The van der Waals surface area contributed by atoms with E-state index in [2.05, 4.69) is 24.4 Å². The molecule has 1 heterocycles. The standard InChI is InChI=1S/C17H20OS/c1-2-3-4-5-8-14-9-6-10-15(13-18)17(14)16-11-7-12-19-16/h6-7,9-13H,2-5,8H2,1H3. The van der Waals surface area contributed by atoms with Crippen LogP contribution in [0.4, 0.5) is 0 Å². The molecule has 0 atom stereocenters. The zero-order chi connectivity index (χ0) is 13.5. The lowest BCUT2D eigenvalue weighted by Crippen LogP contribution is -1.94. The number of unbranched alkanes of at least 4 members (excludes halogenated alkanes) is 3. The van der Waals surface area contributed by atoms with Gasteiger partial charge in [-0.2, -0.15) is 0 Å². The zero-order valence-corrected chi connectivity index (χ0v) is 12.2. The summed E-state index contributed by atoms with van der Waals surface area (Å²) in [6.45, 7) is 2.23. The number of thiophene rings is 1. The van der Waals surface area contributed by atoms with Gasteiger partial charge in [0.15, 0.2) is 6.29 Å². The van der Waals surface area contributed by atoms with Crippen LogP contribution in [0, 0.1) is 0 Å². The SMILES string of the molecule is CCCCCCc1cccc(C=O)c1-c1cccs1. The first-order valence-corrected chi connectivity index (χ1v) is 7.85. The number of carbonyl (C=O) groups excluding carboxylic acids is 1. The smallest absolute Gasteiger partial charge is 0.150 e. The maximum absolute atomic E-state index is 11.3. The summed E-state index contributed by atoms with van der Waals surface area (Å²) in [4.78, 5) is 12.5. The Bertz CT molecular complexity index is 514. The molecule has 0 radical (unpaired) electrons. The van der Waals surface area contributed by atoms with Gasteiger partial charge in [-0.1, -0.05) is 50.5 Å². The second-order valence-electron chi connectivity index (χ2n) is 4.79. The summed E-state index contributed by atoms with van der Waals surface area (Å²) in [5.41, 5.74) is 3.27. The summed E-state index contributed by atoms with van der Waals surface area (Å²) in [5.74, 6) is 0. The van der Waals surface area contributed by atoms with Crippen molar-refractivity contribution < 1.29 is 4.79 Å². The fourth-order valence-electron chi connectivity index (χ4n) is 2.39. The Balaban J connectivity index is 2.25. The van der Waals surface area contributed by atoms with E-state index < -0.39 is 0 Å². The van der Waals surface area contributed by atoms with Gasteiger partial charge >= 0.3 is 0 Å². The Morgan fingerprint density at radius 1 is 1.11 bits per heavy atom. The van der Waals surface area contributed by atoms with Gasteiger partial charge in [-0.05, 0) is 29.9 Å². The first kappa shape index (κ1) is 14.0. The van der Waals surface area contributed by atoms with Gasteiger partial charge in [0.1, 0.15) is 0 Å². The van der Waals surface area contributed by atoms with Crippen LogP contribution in [0.3, 0.4) is 0 Å². The highest BCUT2D eigenvalue weighted by atomic mass is 32.1. The minimum atomic E-state index is 0.815. The Hall–Kier alpha value is -1.41. The molecule has 0 aliphatic carbocycles. The van der Waals surface area contributed by atoms with Crippen molar-refractivity contribution in [3.8, 4) is 10.4 Å². The molecular formula is C17H20OS. The lowest BCUT2D eigenvalue weighted by Gasteiger charge is -2.10. The van der Waals surface area contributed by atoms with Crippen LogP contribution in [0.5, 0.6) is 0 Å². The van der Waals surface area contributed by atoms with Gasteiger partial charge in [0, 0.05) is 16.0 Å². The molecule has 0 fully saturated rings. The fourth-order valence-corrected chi connectivity index (χ4v) is 3.22. The molecule has 2 rings (SSSR count). The van der Waals surface area contributed by atoms with E-state index in [1.165, 1.54) is 36.1 Å². The quantitative estimate of drug-likeness (QED) is 0.490. The van der Waals surface area contributed by atoms with Crippen LogP contribution in [0.1, 0.15) is 48.5 Å². The molecule has 1 nitrogen and oxygen atoms in total. The molecule has 0 bridgehead atoms. The molecule has 0 unspecified atom stereocenters. The molecule has 0 saturated carbocycles. The van der Waals surface area contributed by atoms with E-state index in [-0.39, 0.29) is 0 Å². The number of aldehydes is 1. The number of hydrogen-bond donors (Lipinski definition) is 0. The van der Waals surface area contributed by atoms with Gasteiger partial charge < -0.3 is 0 Å². The summed E-state index contributed by atoms with van der Waals surface area (Å²) in [6.07, 6.45) is 7.06. The Kier molecular flexibility index (Phi) is 5.34. The van der Waals surface area contributed by atoms with Gasteiger partial charge in [-0.3, -0.25) is 4.79 Å². The fraction of sp³-hybridized carbons (Fsp3) is 0.353. The van der Waals surface area contributed by atoms with Crippen LogP contribution >= 0.6 is 11.3 Å². The summed E-state index contributed by atoms with van der Waals surface area (Å²) >= 11 is 1.70. The Morgan fingerprint density at radius 3 is 2.68 bits per heavy atom. The van der Waals surface area contributed by atoms with E-state index >= 15 is 0 Å². The van der Waals surface area contributed by atoms with E-state index in [0.717, 1.165) is 23.8 Å². The first-order chi connectivity index (χ1) is 9.36. The lowest BCUT2D eigenvalue weighted by molar-refractivity contribution is 0.112. The third-order valence-electron chi connectivity index (χ3n) is 3.38. The van der Waals surface area contributed by atoms with Gasteiger partial charge in [0.05, 0.1) is 0 Å². The average Bonchev–Trinajstić information content (AvgIpc) is 2.97. The second kappa shape index (κ2) is 7.25. The third-order valence-corrected chi connectivity index (χ3v) is 4.26. The van der Waals surface area contributed by atoms with E-state index in [0.29, 0.717) is 0 Å². The first-order valence-electron chi connectivity index (χ1n) is 6.97. The molecule has 1 aromatic heterocycles. The molecule has 0 aliphatic rings. The monoisotopic (exact) mass is 272 g/mol. The van der Waals surface area contributed by atoms with Crippen molar-refractivity contribution in [1.29, 1.82) is 0 Å². The minimum Gasteiger partial charge on any atom is -0.298 e. The van der Waals surface area contributed by atoms with Crippen molar-refractivity contribution in [2.24, 2.45) is 0 Å². The molecule has 0 N–H and O–H groups in total. The maximum Gasteiger partial charge on any atom is 0.150 e. The lowest BCUT2D eigenvalue weighted by atomic mass is 9.96. The number of rotatable bonds is 7. The summed E-state index contributed by atoms with van der Waals surface area (Å²) in [6, 6.07) is 10.2. The largest absolute Gasteiger partial charge is 0.298 e. The van der Waals surface area contributed by atoms with Crippen LogP contribution in [0.15, 0.2) is 35.7 Å². The predicted octanol–water partition coefficient (Wildman–Crippen LogP) is 5.35. The molecule has 100 valence electrons. The normalized spacial score (nSPS) is 10.6. The molecule has 2 aromatic rings. The highest BCUT2D eigenvalue weighted by Crippen LogP contribution is 2.31. The topological polar surface area (TPSA) is 17.1 Å². The molecular weight excluding hydrogens is 252 g/mol. The van der Waals surface area contributed by atoms with Gasteiger partial charge in [0.25, 0.3) is 0 Å². The average molecular weight is 272 g/mol. The second-order valence-corrected chi connectivity index (χ2v) is 5.73. The highest BCUT2D eigenvalue weighted by Gasteiger charge is 2.10. The highest BCUT2D eigenvalue weighted by molar-refractivity contribution is 7.13. The van der Waals surface area contributed by atoms with Crippen molar-refractivity contribution in [2.75, 3.05) is 0 Å². The van der Waals surface area contributed by atoms with Crippen molar-refractivity contribution in [3.63, 3.8) is 0 Å². The summed E-state index contributed by atoms with van der Waals surface area (Å²) < 4.78 is 0. The zero-order valence-electron chi connectivity index (χ0n) is 11.4. The van der Waals surface area contributed by atoms with Crippen molar-refractivity contribution >= 4 is 17.6 Å². The molecule has 0 aliphatic heterocycles.